The number of hydrogen-bond acceptors (Lipinski definition) is 3. The van der Waals surface area contributed by atoms with Crippen molar-refractivity contribution in [3.05, 3.63) is 105 Å². The highest BCUT2D eigenvalue weighted by molar-refractivity contribution is 6.42. The van der Waals surface area contributed by atoms with Crippen LogP contribution in [0.2, 0.25) is 10.0 Å². The molecule has 152 valence electrons. The van der Waals surface area contributed by atoms with Crippen LogP contribution < -0.4 is 0 Å². The van der Waals surface area contributed by atoms with Crippen molar-refractivity contribution in [3.63, 3.8) is 0 Å². The van der Waals surface area contributed by atoms with Crippen LogP contribution in [-0.4, -0.2) is 11.7 Å². The Bertz CT molecular complexity index is 1110. The largest absolute Gasteiger partial charge is 0.365 e. The number of carbonyl (C=O) groups excluding carboxylic acids is 1. The maximum atomic E-state index is 13.4. The van der Waals surface area contributed by atoms with Gasteiger partial charge in [-0.15, -0.1) is 0 Å². The molecule has 0 amide bonds. The molecule has 1 fully saturated rings. The number of nitrogens with zero attached hydrogens (tertiary/aromatic N) is 1. The zero-order chi connectivity index (χ0) is 21.3. The fraction of sp³-hybridized carbons (Fsp3) is 0.167. The summed E-state index contributed by atoms with van der Waals surface area (Å²) in [6, 6.07) is 18.9. The van der Waals surface area contributed by atoms with Crippen molar-refractivity contribution >= 4 is 34.9 Å². The lowest BCUT2D eigenvalue weighted by Gasteiger charge is -2.08. The Balaban J connectivity index is 1.59. The summed E-state index contributed by atoms with van der Waals surface area (Å²) in [5.74, 6) is -0.615. The number of carbonyl (C=O) groups is 1. The summed E-state index contributed by atoms with van der Waals surface area (Å²) in [7, 11) is 0. The van der Waals surface area contributed by atoms with E-state index in [9.17, 15) is 9.18 Å². The Morgan fingerprint density at radius 3 is 2.30 bits per heavy atom. The van der Waals surface area contributed by atoms with E-state index in [4.69, 9.17) is 28.0 Å². The Hall–Kier alpha value is -2.69. The minimum absolute atomic E-state index is 0.0831. The van der Waals surface area contributed by atoms with Crippen LogP contribution in [0, 0.1) is 18.7 Å². The second kappa shape index (κ2) is 8.58. The summed E-state index contributed by atoms with van der Waals surface area (Å²) in [4.78, 5) is 17.7. The third-order valence-corrected chi connectivity index (χ3v) is 5.91. The van der Waals surface area contributed by atoms with Crippen LogP contribution in [0.3, 0.4) is 0 Å². The maximum absolute atomic E-state index is 13.4. The molecule has 1 aliphatic rings. The normalized spacial score (nSPS) is 18.2. The van der Waals surface area contributed by atoms with Gasteiger partial charge in [-0.3, -0.25) is 0 Å². The van der Waals surface area contributed by atoms with Crippen LogP contribution in [0.5, 0.6) is 0 Å². The molecule has 1 saturated carbocycles. The van der Waals surface area contributed by atoms with Crippen molar-refractivity contribution in [2.45, 2.75) is 19.3 Å². The first-order chi connectivity index (χ1) is 14.4. The minimum atomic E-state index is -0.638. The SMILES string of the molecule is Cc1ccc([C@@H]2C[C@H]2/C(=N\OC(=O)c2ccc(Cl)c(Cl)c2)c2ccc(F)cc2)cc1. The molecular weight excluding hydrogens is 424 g/mol. The quantitative estimate of drug-likeness (QED) is 0.248. The molecular formula is C24H18Cl2FNO2. The zero-order valence-electron chi connectivity index (χ0n) is 16.1. The van der Waals surface area contributed by atoms with E-state index in [1.807, 2.05) is 6.92 Å². The van der Waals surface area contributed by atoms with Crippen molar-refractivity contribution in [2.24, 2.45) is 11.1 Å². The van der Waals surface area contributed by atoms with E-state index in [0.29, 0.717) is 10.7 Å². The minimum Gasteiger partial charge on any atom is -0.313 e. The molecule has 0 bridgehead atoms. The van der Waals surface area contributed by atoms with Gasteiger partial charge in [-0.2, -0.15) is 0 Å². The number of benzene rings is 3. The number of halogens is 3. The lowest BCUT2D eigenvalue weighted by molar-refractivity contribution is 0.0515. The van der Waals surface area contributed by atoms with Gasteiger partial charge < -0.3 is 4.84 Å². The summed E-state index contributed by atoms with van der Waals surface area (Å²) in [5.41, 5.74) is 3.99. The molecule has 0 unspecified atom stereocenters. The van der Waals surface area contributed by atoms with E-state index in [-0.39, 0.29) is 28.2 Å². The van der Waals surface area contributed by atoms with Gasteiger partial charge in [0.1, 0.15) is 5.82 Å². The van der Waals surface area contributed by atoms with E-state index in [1.54, 1.807) is 12.1 Å². The maximum Gasteiger partial charge on any atom is 0.365 e. The molecule has 4 rings (SSSR count). The highest BCUT2D eigenvalue weighted by atomic mass is 35.5. The van der Waals surface area contributed by atoms with E-state index in [2.05, 4.69) is 29.4 Å². The molecule has 3 aromatic carbocycles. The van der Waals surface area contributed by atoms with Gasteiger partial charge in [0.15, 0.2) is 0 Å². The monoisotopic (exact) mass is 441 g/mol. The summed E-state index contributed by atoms with van der Waals surface area (Å²) in [6.45, 7) is 2.04. The summed E-state index contributed by atoms with van der Waals surface area (Å²) < 4.78 is 13.4. The zero-order valence-corrected chi connectivity index (χ0v) is 17.6. The van der Waals surface area contributed by atoms with Crippen molar-refractivity contribution in [3.8, 4) is 0 Å². The van der Waals surface area contributed by atoms with Gasteiger partial charge in [0.05, 0.1) is 21.3 Å². The third kappa shape index (κ3) is 4.55. The summed E-state index contributed by atoms with van der Waals surface area (Å²) >= 11 is 11.9. The predicted molar refractivity (Wildman–Crippen MR) is 117 cm³/mol. The molecule has 0 heterocycles. The first-order valence-electron chi connectivity index (χ1n) is 9.49. The summed E-state index contributed by atoms with van der Waals surface area (Å²) in [5, 5.41) is 4.79. The second-order valence-corrected chi connectivity index (χ2v) is 8.16. The smallest absolute Gasteiger partial charge is 0.313 e. The fourth-order valence-corrected chi connectivity index (χ4v) is 3.70. The lowest BCUT2D eigenvalue weighted by atomic mass is 10.0. The molecule has 1 aliphatic carbocycles. The molecule has 0 radical (unpaired) electrons. The molecule has 6 heteroatoms. The topological polar surface area (TPSA) is 38.7 Å². The predicted octanol–water partition coefficient (Wildman–Crippen LogP) is 6.81. The second-order valence-electron chi connectivity index (χ2n) is 7.35. The first-order valence-corrected chi connectivity index (χ1v) is 10.2. The summed E-state index contributed by atoms with van der Waals surface area (Å²) in [6.07, 6.45) is 0.879. The van der Waals surface area contributed by atoms with Crippen molar-refractivity contribution in [1.82, 2.24) is 0 Å². The van der Waals surface area contributed by atoms with E-state index < -0.39 is 5.97 Å². The average molecular weight is 442 g/mol. The van der Waals surface area contributed by atoms with Gasteiger partial charge in [0.25, 0.3) is 0 Å². The molecule has 0 spiro atoms. The molecule has 2 atom stereocenters. The Morgan fingerprint density at radius 2 is 1.63 bits per heavy atom. The average Bonchev–Trinajstić information content (AvgIpc) is 3.52. The van der Waals surface area contributed by atoms with Gasteiger partial charge in [-0.25, -0.2) is 9.18 Å². The van der Waals surface area contributed by atoms with Crippen molar-refractivity contribution in [1.29, 1.82) is 0 Å². The lowest BCUT2D eigenvalue weighted by Crippen LogP contribution is -2.09. The van der Waals surface area contributed by atoms with Crippen LogP contribution >= 0.6 is 23.2 Å². The van der Waals surface area contributed by atoms with Gasteiger partial charge in [-0.1, -0.05) is 70.3 Å². The standard InChI is InChI=1S/C24H18Cl2FNO2/c1-14-2-4-15(5-3-14)19-13-20(19)23(16-6-9-18(27)10-7-16)28-30-24(29)17-8-11-21(25)22(26)12-17/h2-12,19-20H,13H2,1H3/b28-23-/t19-,20+/m0/s1. The Morgan fingerprint density at radius 1 is 0.967 bits per heavy atom. The molecule has 30 heavy (non-hydrogen) atoms. The van der Waals surface area contributed by atoms with Crippen LogP contribution in [0.25, 0.3) is 0 Å². The molecule has 3 aromatic rings. The first kappa shape index (κ1) is 20.6. The van der Waals surface area contributed by atoms with Crippen LogP contribution in [-0.2, 0) is 4.84 Å². The highest BCUT2D eigenvalue weighted by Gasteiger charge is 2.43. The van der Waals surface area contributed by atoms with Crippen molar-refractivity contribution in [2.75, 3.05) is 0 Å². The molecule has 3 nitrogen and oxygen atoms in total. The number of oxime groups is 1. The number of rotatable bonds is 5. The van der Waals surface area contributed by atoms with Crippen LogP contribution in [0.15, 0.2) is 71.9 Å². The van der Waals surface area contributed by atoms with Crippen LogP contribution in [0.4, 0.5) is 4.39 Å². The van der Waals surface area contributed by atoms with Gasteiger partial charge in [0, 0.05) is 5.92 Å². The van der Waals surface area contributed by atoms with Crippen LogP contribution in [0.1, 0.15) is 39.4 Å². The fourth-order valence-electron chi connectivity index (χ4n) is 3.40. The van der Waals surface area contributed by atoms with Gasteiger partial charge in [-0.05, 0) is 60.7 Å². The third-order valence-electron chi connectivity index (χ3n) is 5.17. The number of aryl methyl sites for hydroxylation is 1. The molecule has 0 aromatic heterocycles. The number of hydrogen-bond donors (Lipinski definition) is 0. The van der Waals surface area contributed by atoms with E-state index >= 15 is 0 Å². The Kier molecular flexibility index (Phi) is 5.89. The Labute approximate surface area is 184 Å². The van der Waals surface area contributed by atoms with E-state index in [0.717, 1.165) is 12.0 Å². The molecule has 0 aliphatic heterocycles. The highest BCUT2D eigenvalue weighted by Crippen LogP contribution is 2.49. The molecule has 0 saturated heterocycles. The van der Waals surface area contributed by atoms with Gasteiger partial charge in [0.2, 0.25) is 0 Å². The van der Waals surface area contributed by atoms with Gasteiger partial charge >= 0.3 is 5.97 Å². The van der Waals surface area contributed by atoms with Crippen molar-refractivity contribution < 1.29 is 14.0 Å². The molecule has 0 N–H and O–H groups in total. The van der Waals surface area contributed by atoms with E-state index in [1.165, 1.54) is 41.5 Å².